The summed E-state index contributed by atoms with van der Waals surface area (Å²) in [6.07, 6.45) is 10.1. The fraction of sp³-hybridized carbons (Fsp3) is 0.478. The zero-order valence-electron chi connectivity index (χ0n) is 17.0. The third-order valence-electron chi connectivity index (χ3n) is 6.03. The molecule has 0 saturated carbocycles. The van der Waals surface area contributed by atoms with Gasteiger partial charge in [-0.05, 0) is 56.2 Å². The van der Waals surface area contributed by atoms with Crippen molar-refractivity contribution < 1.29 is 9.53 Å². The first kappa shape index (κ1) is 20.2. The highest BCUT2D eigenvalue weighted by Crippen LogP contribution is 2.26. The largest absolute Gasteiger partial charge is 0.490 e. The van der Waals surface area contributed by atoms with Crippen LogP contribution in [0.25, 0.3) is 0 Å². The van der Waals surface area contributed by atoms with Crippen molar-refractivity contribution in [2.45, 2.75) is 42.7 Å². The number of carbonyl (C=O) groups excluding carboxylic acids is 1. The predicted octanol–water partition coefficient (Wildman–Crippen LogP) is 3.95. The van der Waals surface area contributed by atoms with Crippen molar-refractivity contribution in [3.63, 3.8) is 0 Å². The number of likely N-dealkylation sites (tertiary alicyclic amines) is 2. The smallest absolute Gasteiger partial charge is 0.254 e. The van der Waals surface area contributed by atoms with E-state index in [2.05, 4.69) is 9.88 Å². The average molecular weight is 412 g/mol. The molecule has 1 aromatic carbocycles. The molecule has 2 aromatic rings. The molecule has 0 N–H and O–H groups in total. The predicted molar refractivity (Wildman–Crippen MR) is 117 cm³/mol. The Kier molecular flexibility index (Phi) is 6.72. The molecule has 5 nitrogen and oxygen atoms in total. The van der Waals surface area contributed by atoms with Crippen LogP contribution < -0.4 is 4.74 Å². The van der Waals surface area contributed by atoms with Crippen molar-refractivity contribution in [3.8, 4) is 5.75 Å². The van der Waals surface area contributed by atoms with Crippen LogP contribution >= 0.6 is 11.8 Å². The van der Waals surface area contributed by atoms with Crippen molar-refractivity contribution in [1.82, 2.24) is 14.8 Å². The van der Waals surface area contributed by atoms with Crippen LogP contribution in [0.3, 0.4) is 0 Å². The summed E-state index contributed by atoms with van der Waals surface area (Å²) in [4.78, 5) is 22.7. The van der Waals surface area contributed by atoms with Crippen LogP contribution in [0.4, 0.5) is 0 Å². The number of amides is 1. The number of rotatable bonds is 5. The summed E-state index contributed by atoms with van der Waals surface area (Å²) in [6, 6.07) is 12.4. The minimum atomic E-state index is 0.179. The Bertz CT molecular complexity index is 801. The maximum Gasteiger partial charge on any atom is 0.254 e. The monoisotopic (exact) mass is 411 g/mol. The fourth-order valence-corrected chi connectivity index (χ4v) is 4.98. The summed E-state index contributed by atoms with van der Waals surface area (Å²) in [5.74, 6) is 1.09. The summed E-state index contributed by atoms with van der Waals surface area (Å²) in [6.45, 7) is 3.84. The summed E-state index contributed by atoms with van der Waals surface area (Å²) in [5.41, 5.74) is 0.840. The lowest BCUT2D eigenvalue weighted by molar-refractivity contribution is 0.0424. The van der Waals surface area contributed by atoms with Gasteiger partial charge in [0.15, 0.2) is 0 Å². The minimum absolute atomic E-state index is 0.179. The van der Waals surface area contributed by atoms with Gasteiger partial charge in [-0.25, -0.2) is 0 Å². The van der Waals surface area contributed by atoms with E-state index in [4.69, 9.17) is 4.74 Å². The number of hydrogen-bond donors (Lipinski definition) is 0. The molecule has 0 unspecified atom stereocenters. The van der Waals surface area contributed by atoms with Crippen LogP contribution in [0.1, 0.15) is 36.0 Å². The highest BCUT2D eigenvalue weighted by molar-refractivity contribution is 7.98. The molecule has 1 aromatic heterocycles. The third kappa shape index (κ3) is 4.93. The van der Waals surface area contributed by atoms with Crippen LogP contribution in [0.15, 0.2) is 53.7 Å². The van der Waals surface area contributed by atoms with Gasteiger partial charge in [0.1, 0.15) is 11.9 Å². The molecule has 2 aliphatic heterocycles. The molecule has 0 spiro atoms. The highest BCUT2D eigenvalue weighted by Gasteiger charge is 2.30. The first-order chi connectivity index (χ1) is 14.2. The van der Waals surface area contributed by atoms with Gasteiger partial charge in [0.25, 0.3) is 5.91 Å². The van der Waals surface area contributed by atoms with E-state index < -0.39 is 0 Å². The van der Waals surface area contributed by atoms with E-state index in [-0.39, 0.29) is 5.91 Å². The summed E-state index contributed by atoms with van der Waals surface area (Å²) in [7, 11) is 0. The van der Waals surface area contributed by atoms with Gasteiger partial charge in [-0.2, -0.15) is 0 Å². The van der Waals surface area contributed by atoms with Crippen molar-refractivity contribution >= 4 is 17.7 Å². The molecule has 0 aliphatic carbocycles. The topological polar surface area (TPSA) is 45.7 Å². The van der Waals surface area contributed by atoms with Gasteiger partial charge in [-0.3, -0.25) is 14.7 Å². The van der Waals surface area contributed by atoms with E-state index in [1.165, 1.54) is 0 Å². The molecule has 1 amide bonds. The van der Waals surface area contributed by atoms with E-state index in [0.717, 1.165) is 68.1 Å². The Morgan fingerprint density at radius 2 is 1.69 bits per heavy atom. The maximum atomic E-state index is 13.0. The molecule has 3 heterocycles. The van der Waals surface area contributed by atoms with Crippen LogP contribution in [-0.4, -0.2) is 65.3 Å². The van der Waals surface area contributed by atoms with Crippen LogP contribution in [0, 0.1) is 0 Å². The van der Waals surface area contributed by atoms with E-state index in [9.17, 15) is 4.79 Å². The molecule has 2 fully saturated rings. The van der Waals surface area contributed by atoms with Gasteiger partial charge in [0, 0.05) is 49.5 Å². The summed E-state index contributed by atoms with van der Waals surface area (Å²) < 4.78 is 6.09. The number of benzene rings is 1. The van der Waals surface area contributed by atoms with Gasteiger partial charge in [0.2, 0.25) is 0 Å². The molecule has 0 bridgehead atoms. The zero-order valence-corrected chi connectivity index (χ0v) is 17.8. The lowest BCUT2D eigenvalue weighted by Gasteiger charge is -2.41. The number of pyridine rings is 1. The van der Waals surface area contributed by atoms with Gasteiger partial charge < -0.3 is 9.64 Å². The molecule has 2 aliphatic rings. The molecular weight excluding hydrogens is 382 g/mol. The van der Waals surface area contributed by atoms with E-state index >= 15 is 0 Å². The molecular formula is C23H29N3O2S. The number of ether oxygens (including phenoxy) is 1. The van der Waals surface area contributed by atoms with Gasteiger partial charge in [-0.15, -0.1) is 11.8 Å². The second kappa shape index (κ2) is 9.63. The first-order valence-electron chi connectivity index (χ1n) is 10.5. The van der Waals surface area contributed by atoms with Gasteiger partial charge >= 0.3 is 0 Å². The Morgan fingerprint density at radius 3 is 2.38 bits per heavy atom. The lowest BCUT2D eigenvalue weighted by Crippen LogP contribution is -2.50. The van der Waals surface area contributed by atoms with Gasteiger partial charge in [0.05, 0.1) is 5.56 Å². The molecule has 154 valence electrons. The highest BCUT2D eigenvalue weighted by atomic mass is 32.2. The van der Waals surface area contributed by atoms with Crippen molar-refractivity contribution in [1.29, 1.82) is 0 Å². The van der Waals surface area contributed by atoms with Crippen LogP contribution in [-0.2, 0) is 0 Å². The Labute approximate surface area is 177 Å². The van der Waals surface area contributed by atoms with Crippen LogP contribution in [0.5, 0.6) is 5.75 Å². The third-order valence-corrected chi connectivity index (χ3v) is 6.83. The second-order valence-corrected chi connectivity index (χ2v) is 8.61. The van der Waals surface area contributed by atoms with Crippen molar-refractivity contribution in [2.24, 2.45) is 0 Å². The average Bonchev–Trinajstić information content (AvgIpc) is 2.80. The molecule has 2 saturated heterocycles. The standard InChI is InChI=1S/C23H29N3O2S/c1-29-22-5-3-2-4-21(22)23(27)26-14-8-18(9-15-26)25-16-10-20(11-17-25)28-19-6-12-24-13-7-19/h2-7,12-13,18,20H,8-11,14-17H2,1H3. The second-order valence-electron chi connectivity index (χ2n) is 7.76. The van der Waals surface area contributed by atoms with Crippen molar-refractivity contribution in [2.75, 3.05) is 32.4 Å². The van der Waals surface area contributed by atoms with Crippen molar-refractivity contribution in [3.05, 3.63) is 54.4 Å². The quantitative estimate of drug-likeness (QED) is 0.697. The SMILES string of the molecule is CSc1ccccc1C(=O)N1CCC(N2CCC(Oc3ccncc3)CC2)CC1. The number of carbonyl (C=O) groups is 1. The van der Waals surface area contributed by atoms with E-state index in [0.29, 0.717) is 12.1 Å². The summed E-state index contributed by atoms with van der Waals surface area (Å²) in [5, 5.41) is 0. The van der Waals surface area contributed by atoms with E-state index in [1.54, 1.807) is 24.2 Å². The van der Waals surface area contributed by atoms with Crippen LogP contribution in [0.2, 0.25) is 0 Å². The normalized spacial score (nSPS) is 19.3. The first-order valence-corrected chi connectivity index (χ1v) is 11.7. The molecule has 29 heavy (non-hydrogen) atoms. The zero-order chi connectivity index (χ0) is 20.1. The Morgan fingerprint density at radius 1 is 1.00 bits per heavy atom. The number of hydrogen-bond acceptors (Lipinski definition) is 5. The maximum absolute atomic E-state index is 13.0. The molecule has 6 heteroatoms. The molecule has 0 radical (unpaired) electrons. The lowest BCUT2D eigenvalue weighted by atomic mass is 9.98. The summed E-state index contributed by atoms with van der Waals surface area (Å²) >= 11 is 1.64. The molecule has 4 rings (SSSR count). The Hall–Kier alpha value is -2.05. The van der Waals surface area contributed by atoms with E-state index in [1.807, 2.05) is 47.6 Å². The number of thioether (sulfide) groups is 1. The molecule has 0 atom stereocenters. The number of aromatic nitrogens is 1. The number of piperidine rings is 2. The number of nitrogens with zero attached hydrogens (tertiary/aromatic N) is 3. The fourth-order valence-electron chi connectivity index (χ4n) is 4.39. The minimum Gasteiger partial charge on any atom is -0.490 e. The Balaban J connectivity index is 1.25. The van der Waals surface area contributed by atoms with Gasteiger partial charge in [-0.1, -0.05) is 12.1 Å².